The first-order valence-corrected chi connectivity index (χ1v) is 10.5. The number of Topliss-reactive ketones (excluding diaryl/α,β-unsaturated/α-hetero) is 1. The molecule has 0 fully saturated rings. The molecule has 0 unspecified atom stereocenters. The molecule has 1 aliphatic heterocycles. The lowest BCUT2D eigenvalue weighted by molar-refractivity contribution is 0.0973. The molecule has 0 radical (unpaired) electrons. The first kappa shape index (κ1) is 24.7. The van der Waals surface area contributed by atoms with E-state index < -0.39 is 12.2 Å². The number of hydrogen-bond acceptors (Lipinski definition) is 4. The van der Waals surface area contributed by atoms with Gasteiger partial charge in [0.25, 0.3) is 6.43 Å². The summed E-state index contributed by atoms with van der Waals surface area (Å²) in [5, 5.41) is 0. The van der Waals surface area contributed by atoms with Gasteiger partial charge in [0, 0.05) is 35.6 Å². The first-order valence-electron chi connectivity index (χ1n) is 10.5. The Balaban J connectivity index is 2.07. The Kier molecular flexibility index (Phi) is 8.92. The van der Waals surface area contributed by atoms with Crippen LogP contribution in [-0.4, -0.2) is 28.9 Å². The van der Waals surface area contributed by atoms with Crippen LogP contribution in [0.2, 0.25) is 0 Å². The molecule has 0 amide bonds. The molecule has 0 aliphatic carbocycles. The van der Waals surface area contributed by atoms with E-state index in [1.54, 1.807) is 26.1 Å². The first-order chi connectivity index (χ1) is 14.6. The standard InChI is InChI=1S/C24H30F3N3O/c1-5-19(17-9-10-29-14(2)11-18(13-17)24(26)27)21(28)7-6-8-22(31)20-12-15(3)30-16(4)23(20)25/h9-13,19,21,24H,5-8,28H2,1-4H3/b10-9?,14-11?,17-9?,17-13?,18-11+,18-13?,29-10?,29-14?/t19-,21-/m0/s1. The number of halogens is 3. The minimum atomic E-state index is -2.61. The number of ketones is 1. The zero-order valence-corrected chi connectivity index (χ0v) is 18.5. The van der Waals surface area contributed by atoms with E-state index in [1.165, 1.54) is 25.1 Å². The van der Waals surface area contributed by atoms with E-state index in [2.05, 4.69) is 9.98 Å². The number of aromatic nitrogens is 1. The summed E-state index contributed by atoms with van der Waals surface area (Å²) in [6.07, 6.45) is 5.35. The second-order valence-corrected chi connectivity index (χ2v) is 7.88. The molecular formula is C24H30F3N3O. The molecule has 1 aromatic rings. The number of allylic oxidation sites excluding steroid dienone is 4. The van der Waals surface area contributed by atoms with Gasteiger partial charge in [0.15, 0.2) is 11.6 Å². The largest absolute Gasteiger partial charge is 0.327 e. The molecule has 0 saturated carbocycles. The Morgan fingerprint density at radius 3 is 2.52 bits per heavy atom. The molecule has 0 aromatic carbocycles. The topological polar surface area (TPSA) is 68.3 Å². The van der Waals surface area contributed by atoms with Crippen LogP contribution < -0.4 is 5.73 Å². The van der Waals surface area contributed by atoms with E-state index >= 15 is 0 Å². The molecule has 1 aliphatic rings. The highest BCUT2D eigenvalue weighted by atomic mass is 19.3. The van der Waals surface area contributed by atoms with Crippen LogP contribution in [0.5, 0.6) is 0 Å². The molecule has 31 heavy (non-hydrogen) atoms. The SMILES string of the molecule is CC[C@@H](C1=C/C(C(F)F)=C\C(C)=NC=C1)[C@@H](N)CCCC(=O)c1cc(C)nc(C)c1F. The average molecular weight is 434 g/mol. The van der Waals surface area contributed by atoms with Crippen molar-refractivity contribution in [2.24, 2.45) is 16.6 Å². The number of rotatable bonds is 9. The second-order valence-electron chi connectivity index (χ2n) is 7.88. The predicted octanol–water partition coefficient (Wildman–Crippen LogP) is 5.65. The fourth-order valence-corrected chi connectivity index (χ4v) is 3.79. The van der Waals surface area contributed by atoms with Crippen molar-refractivity contribution >= 4 is 11.5 Å². The van der Waals surface area contributed by atoms with Crippen molar-refractivity contribution in [3.05, 3.63) is 64.4 Å². The van der Waals surface area contributed by atoms with Crippen LogP contribution in [-0.2, 0) is 0 Å². The van der Waals surface area contributed by atoms with Crippen LogP contribution in [0.3, 0.4) is 0 Å². The van der Waals surface area contributed by atoms with Crippen molar-refractivity contribution in [1.29, 1.82) is 0 Å². The van der Waals surface area contributed by atoms with Crippen molar-refractivity contribution in [3.63, 3.8) is 0 Å². The van der Waals surface area contributed by atoms with Crippen LogP contribution in [0, 0.1) is 25.6 Å². The number of carbonyl (C=O) groups excluding carboxylic acids is 1. The normalized spacial score (nSPS) is 17.9. The minimum Gasteiger partial charge on any atom is -0.327 e. The van der Waals surface area contributed by atoms with Crippen molar-refractivity contribution in [3.8, 4) is 0 Å². The molecule has 2 rings (SSSR count). The summed E-state index contributed by atoms with van der Waals surface area (Å²) in [6.45, 7) is 6.86. The minimum absolute atomic E-state index is 0.0521. The number of nitrogens with two attached hydrogens (primary N) is 1. The number of carbonyl (C=O) groups is 1. The van der Waals surface area contributed by atoms with Gasteiger partial charge in [-0.1, -0.05) is 6.92 Å². The van der Waals surface area contributed by atoms with Gasteiger partial charge in [-0.05, 0) is 75.8 Å². The lowest BCUT2D eigenvalue weighted by Crippen LogP contribution is -2.31. The molecule has 7 heteroatoms. The third-order valence-electron chi connectivity index (χ3n) is 5.38. The molecule has 0 spiro atoms. The zero-order valence-electron chi connectivity index (χ0n) is 18.5. The van der Waals surface area contributed by atoms with Crippen molar-refractivity contribution in [2.75, 3.05) is 0 Å². The molecule has 2 N–H and O–H groups in total. The predicted molar refractivity (Wildman–Crippen MR) is 118 cm³/mol. The number of alkyl halides is 2. The Labute approximate surface area is 181 Å². The molecule has 0 bridgehead atoms. The van der Waals surface area contributed by atoms with Gasteiger partial charge in [-0.2, -0.15) is 0 Å². The zero-order chi connectivity index (χ0) is 23.1. The van der Waals surface area contributed by atoms with Gasteiger partial charge < -0.3 is 5.73 Å². The number of pyridine rings is 1. The molecule has 2 heterocycles. The highest BCUT2D eigenvalue weighted by Gasteiger charge is 2.22. The highest BCUT2D eigenvalue weighted by molar-refractivity contribution is 5.96. The van der Waals surface area contributed by atoms with E-state index in [9.17, 15) is 18.0 Å². The molecular weight excluding hydrogens is 403 g/mol. The summed E-state index contributed by atoms with van der Waals surface area (Å²) in [6, 6.07) is 1.13. The van der Waals surface area contributed by atoms with Crippen molar-refractivity contribution in [2.45, 2.75) is 65.8 Å². The monoisotopic (exact) mass is 433 g/mol. The van der Waals surface area contributed by atoms with Gasteiger partial charge >= 0.3 is 0 Å². The average Bonchev–Trinajstić information content (AvgIpc) is 2.68. The van der Waals surface area contributed by atoms with Gasteiger partial charge in [-0.3, -0.25) is 14.8 Å². The van der Waals surface area contributed by atoms with Crippen LogP contribution in [0.25, 0.3) is 0 Å². The highest BCUT2D eigenvalue weighted by Crippen LogP contribution is 2.27. The Morgan fingerprint density at radius 2 is 1.87 bits per heavy atom. The van der Waals surface area contributed by atoms with Gasteiger partial charge in [0.1, 0.15) is 0 Å². The van der Waals surface area contributed by atoms with Gasteiger partial charge in [-0.25, -0.2) is 13.2 Å². The van der Waals surface area contributed by atoms with Gasteiger partial charge in [0.05, 0.1) is 11.3 Å². The van der Waals surface area contributed by atoms with Gasteiger partial charge in [-0.15, -0.1) is 0 Å². The van der Waals surface area contributed by atoms with E-state index in [-0.39, 0.29) is 41.0 Å². The maximum atomic E-state index is 14.2. The maximum absolute atomic E-state index is 14.2. The molecule has 2 atom stereocenters. The molecule has 168 valence electrons. The number of hydrogen-bond donors (Lipinski definition) is 1. The number of aliphatic imine (C=N–C) groups is 1. The van der Waals surface area contributed by atoms with Crippen molar-refractivity contribution < 1.29 is 18.0 Å². The van der Waals surface area contributed by atoms with Crippen LogP contribution in [0.4, 0.5) is 13.2 Å². The third kappa shape index (κ3) is 6.72. The summed E-state index contributed by atoms with van der Waals surface area (Å²) >= 11 is 0. The van der Waals surface area contributed by atoms with Crippen LogP contribution in [0.15, 0.2) is 46.6 Å². The fourth-order valence-electron chi connectivity index (χ4n) is 3.79. The summed E-state index contributed by atoms with van der Waals surface area (Å²) in [7, 11) is 0. The molecule has 4 nitrogen and oxygen atoms in total. The van der Waals surface area contributed by atoms with Crippen LogP contribution >= 0.6 is 0 Å². The summed E-state index contributed by atoms with van der Waals surface area (Å²) in [5.41, 5.74) is 8.33. The van der Waals surface area contributed by atoms with E-state index in [0.717, 1.165) is 0 Å². The Hall–Kier alpha value is -2.54. The smallest absolute Gasteiger partial charge is 0.263 e. The summed E-state index contributed by atoms with van der Waals surface area (Å²) in [4.78, 5) is 20.7. The van der Waals surface area contributed by atoms with E-state index in [0.29, 0.717) is 36.2 Å². The fraction of sp³-hybridized carbons (Fsp3) is 0.458. The van der Waals surface area contributed by atoms with Crippen molar-refractivity contribution in [1.82, 2.24) is 4.98 Å². The maximum Gasteiger partial charge on any atom is 0.263 e. The Bertz CT molecular complexity index is 932. The number of aryl methyl sites for hydroxylation is 2. The van der Waals surface area contributed by atoms with Crippen LogP contribution in [0.1, 0.15) is 61.3 Å². The number of nitrogens with zero attached hydrogens (tertiary/aromatic N) is 2. The summed E-state index contributed by atoms with van der Waals surface area (Å²) < 4.78 is 41.0. The van der Waals surface area contributed by atoms with Gasteiger partial charge in [0.2, 0.25) is 0 Å². The van der Waals surface area contributed by atoms with E-state index in [4.69, 9.17) is 5.73 Å². The lowest BCUT2D eigenvalue weighted by Gasteiger charge is -2.25. The quantitative estimate of drug-likeness (QED) is 0.512. The summed E-state index contributed by atoms with van der Waals surface area (Å²) in [5.74, 6) is -1.04. The second kappa shape index (κ2) is 11.2. The van der Waals surface area contributed by atoms with E-state index in [1.807, 2.05) is 6.92 Å². The Morgan fingerprint density at radius 1 is 1.16 bits per heavy atom. The molecule has 1 aromatic heterocycles. The molecule has 0 saturated heterocycles. The lowest BCUT2D eigenvalue weighted by atomic mass is 9.85. The third-order valence-corrected chi connectivity index (χ3v) is 5.38.